The van der Waals surface area contributed by atoms with E-state index < -0.39 is 0 Å². The van der Waals surface area contributed by atoms with Crippen LogP contribution in [0.3, 0.4) is 0 Å². The Hall–Kier alpha value is -5.92. The molecule has 0 saturated heterocycles. The Morgan fingerprint density at radius 1 is 0.542 bits per heavy atom. The molecule has 0 aromatic heterocycles. The molecule has 2 atom stereocenters. The average molecular weight is 614 g/mol. The summed E-state index contributed by atoms with van der Waals surface area (Å²) >= 11 is 0. The van der Waals surface area contributed by atoms with Gasteiger partial charge in [0.05, 0.1) is 5.69 Å². The number of rotatable bonds is 5. The summed E-state index contributed by atoms with van der Waals surface area (Å²) in [4.78, 5) is 2.49. The summed E-state index contributed by atoms with van der Waals surface area (Å²) in [5, 5.41) is 7.56. The predicted molar refractivity (Wildman–Crippen MR) is 205 cm³/mol. The van der Waals surface area contributed by atoms with Crippen LogP contribution in [0.25, 0.3) is 43.4 Å². The van der Waals surface area contributed by atoms with Crippen molar-refractivity contribution >= 4 is 43.7 Å². The van der Waals surface area contributed by atoms with Crippen LogP contribution in [0.4, 0.5) is 11.4 Å². The molecule has 0 bridgehead atoms. The molecule has 0 fully saturated rings. The van der Waals surface area contributed by atoms with E-state index in [9.17, 15) is 0 Å². The highest BCUT2D eigenvalue weighted by molar-refractivity contribution is 6.12. The molecule has 0 aliphatic heterocycles. The molecule has 9 rings (SSSR count). The number of fused-ring (bicyclic) bond motifs is 5. The molecule has 2 aliphatic rings. The molecule has 2 unspecified atom stereocenters. The first-order chi connectivity index (χ1) is 23.7. The molecule has 228 valence electrons. The summed E-state index contributed by atoms with van der Waals surface area (Å²) in [7, 11) is 0. The molecular weight excluding hydrogens is 579 g/mol. The molecule has 2 aliphatic carbocycles. The number of allylic oxidation sites excluding steroid dienone is 7. The smallest absolute Gasteiger partial charge is 0.0540 e. The monoisotopic (exact) mass is 613 g/mol. The lowest BCUT2D eigenvalue weighted by molar-refractivity contribution is 0.454. The second-order valence-corrected chi connectivity index (χ2v) is 13.1. The Morgan fingerprint density at radius 3 is 2.12 bits per heavy atom. The van der Waals surface area contributed by atoms with Crippen LogP contribution in [0.1, 0.15) is 18.4 Å². The SMILES string of the molecule is CC12C=CC=CC1=C(N(c1cccc(-c3cccc4c3ccc3ccccc34)c1)c1cccc3ccccc13)C=CC2c1ccccc1. The lowest BCUT2D eigenvalue weighted by Crippen LogP contribution is -2.32. The maximum Gasteiger partial charge on any atom is 0.0540 e. The van der Waals surface area contributed by atoms with Gasteiger partial charge in [0.2, 0.25) is 0 Å². The second-order valence-electron chi connectivity index (χ2n) is 13.1. The zero-order valence-corrected chi connectivity index (χ0v) is 26.9. The van der Waals surface area contributed by atoms with Crippen LogP contribution < -0.4 is 4.90 Å². The van der Waals surface area contributed by atoms with Crippen molar-refractivity contribution in [1.82, 2.24) is 0 Å². The minimum Gasteiger partial charge on any atom is -0.310 e. The van der Waals surface area contributed by atoms with Gasteiger partial charge >= 0.3 is 0 Å². The van der Waals surface area contributed by atoms with E-state index in [1.54, 1.807) is 0 Å². The first-order valence-corrected chi connectivity index (χ1v) is 16.8. The Labute approximate surface area is 282 Å². The first-order valence-electron chi connectivity index (χ1n) is 16.8. The fourth-order valence-electron chi connectivity index (χ4n) is 8.01. The molecule has 0 radical (unpaired) electrons. The van der Waals surface area contributed by atoms with Gasteiger partial charge in [0.15, 0.2) is 0 Å². The fraction of sp³-hybridized carbons (Fsp3) is 0.0638. The van der Waals surface area contributed by atoms with Crippen LogP contribution in [0, 0.1) is 5.41 Å². The third kappa shape index (κ3) is 4.54. The van der Waals surface area contributed by atoms with Crippen molar-refractivity contribution in [2.75, 3.05) is 4.90 Å². The van der Waals surface area contributed by atoms with Gasteiger partial charge in [-0.15, -0.1) is 0 Å². The highest BCUT2D eigenvalue weighted by Crippen LogP contribution is 2.52. The molecule has 0 spiro atoms. The van der Waals surface area contributed by atoms with Crippen molar-refractivity contribution < 1.29 is 0 Å². The Balaban J connectivity index is 1.27. The van der Waals surface area contributed by atoms with Crippen molar-refractivity contribution in [3.8, 4) is 11.1 Å². The van der Waals surface area contributed by atoms with Gasteiger partial charge in [-0.05, 0) is 73.5 Å². The van der Waals surface area contributed by atoms with Gasteiger partial charge < -0.3 is 4.90 Å². The molecule has 1 nitrogen and oxygen atoms in total. The normalized spacial score (nSPS) is 18.5. The Morgan fingerprint density at radius 2 is 1.25 bits per heavy atom. The van der Waals surface area contributed by atoms with Gasteiger partial charge in [-0.3, -0.25) is 0 Å². The van der Waals surface area contributed by atoms with Crippen LogP contribution in [0.5, 0.6) is 0 Å². The lowest BCUT2D eigenvalue weighted by Gasteiger charge is -2.43. The van der Waals surface area contributed by atoms with Crippen LogP contribution >= 0.6 is 0 Å². The molecule has 0 heterocycles. The molecule has 7 aromatic carbocycles. The quantitative estimate of drug-likeness (QED) is 0.175. The van der Waals surface area contributed by atoms with Gasteiger partial charge in [0.25, 0.3) is 0 Å². The van der Waals surface area contributed by atoms with Gasteiger partial charge in [-0.2, -0.15) is 0 Å². The van der Waals surface area contributed by atoms with Crippen molar-refractivity contribution in [2.45, 2.75) is 12.8 Å². The van der Waals surface area contributed by atoms with Crippen LogP contribution in [0.15, 0.2) is 199 Å². The van der Waals surface area contributed by atoms with E-state index in [4.69, 9.17) is 0 Å². The van der Waals surface area contributed by atoms with E-state index >= 15 is 0 Å². The van der Waals surface area contributed by atoms with Crippen LogP contribution in [-0.4, -0.2) is 0 Å². The fourth-order valence-corrected chi connectivity index (χ4v) is 8.01. The average Bonchev–Trinajstić information content (AvgIpc) is 3.15. The standard InChI is InChI=1S/C47H35N/c1-47-31-10-9-25-44(47)46(30-29-43(47)35-16-3-2-4-17-35)48(45-26-12-18-33-14-6-8-22-40(33)45)37-20-11-19-36(32-37)39-23-13-24-41-38-21-7-5-15-34(38)27-28-42(39)41/h2-32,43H,1H3. The third-order valence-corrected chi connectivity index (χ3v) is 10.4. The van der Waals surface area contributed by atoms with Gasteiger partial charge in [-0.1, -0.05) is 171 Å². The van der Waals surface area contributed by atoms with Gasteiger partial charge in [0, 0.05) is 28.1 Å². The molecule has 7 aromatic rings. The Kier molecular flexibility index (Phi) is 6.73. The van der Waals surface area contributed by atoms with E-state index in [2.05, 4.69) is 200 Å². The topological polar surface area (TPSA) is 3.24 Å². The Bertz CT molecular complexity index is 2470. The molecule has 1 heteroatoms. The number of nitrogens with zero attached hydrogens (tertiary/aromatic N) is 1. The van der Waals surface area contributed by atoms with Crippen LogP contribution in [0.2, 0.25) is 0 Å². The lowest BCUT2D eigenvalue weighted by atomic mass is 9.64. The highest BCUT2D eigenvalue weighted by Gasteiger charge is 2.40. The number of hydrogen-bond acceptors (Lipinski definition) is 1. The van der Waals surface area contributed by atoms with E-state index in [0.29, 0.717) is 0 Å². The summed E-state index contributed by atoms with van der Waals surface area (Å²) in [5.41, 5.74) is 8.38. The van der Waals surface area contributed by atoms with E-state index in [1.807, 2.05) is 0 Å². The largest absolute Gasteiger partial charge is 0.310 e. The number of anilines is 2. The molecule has 0 amide bonds. The summed E-state index contributed by atoms with van der Waals surface area (Å²) in [5.74, 6) is 0.227. The van der Waals surface area contributed by atoms with E-state index in [1.165, 1.54) is 66.0 Å². The predicted octanol–water partition coefficient (Wildman–Crippen LogP) is 12.7. The summed E-state index contributed by atoms with van der Waals surface area (Å²) in [6, 6.07) is 55.3. The van der Waals surface area contributed by atoms with E-state index in [-0.39, 0.29) is 11.3 Å². The molecule has 0 N–H and O–H groups in total. The summed E-state index contributed by atoms with van der Waals surface area (Å²) < 4.78 is 0. The van der Waals surface area contributed by atoms with Crippen molar-refractivity contribution in [3.63, 3.8) is 0 Å². The molecular formula is C47H35N. The first kappa shape index (κ1) is 28.3. The maximum absolute atomic E-state index is 2.49. The minimum absolute atomic E-state index is 0.211. The molecule has 0 saturated carbocycles. The number of hydrogen-bond donors (Lipinski definition) is 0. The highest BCUT2D eigenvalue weighted by atomic mass is 15.2. The number of benzene rings is 7. The van der Waals surface area contributed by atoms with Crippen LogP contribution in [-0.2, 0) is 0 Å². The maximum atomic E-state index is 2.49. The third-order valence-electron chi connectivity index (χ3n) is 10.4. The summed E-state index contributed by atoms with van der Waals surface area (Å²) in [6.45, 7) is 2.39. The zero-order chi connectivity index (χ0) is 32.1. The van der Waals surface area contributed by atoms with Crippen molar-refractivity contribution in [2.24, 2.45) is 5.41 Å². The zero-order valence-electron chi connectivity index (χ0n) is 26.9. The molecule has 48 heavy (non-hydrogen) atoms. The van der Waals surface area contributed by atoms with Gasteiger partial charge in [-0.25, -0.2) is 0 Å². The second kappa shape index (κ2) is 11.4. The van der Waals surface area contributed by atoms with Crippen molar-refractivity contribution in [1.29, 1.82) is 0 Å². The van der Waals surface area contributed by atoms with Crippen molar-refractivity contribution in [3.05, 3.63) is 205 Å². The van der Waals surface area contributed by atoms with E-state index in [0.717, 1.165) is 5.69 Å². The minimum atomic E-state index is -0.211. The summed E-state index contributed by atoms with van der Waals surface area (Å²) in [6.07, 6.45) is 13.9. The van der Waals surface area contributed by atoms with Gasteiger partial charge in [0.1, 0.15) is 0 Å².